The van der Waals surface area contributed by atoms with Gasteiger partial charge in [0.25, 0.3) is 0 Å². The molecule has 0 unspecified atom stereocenters. The summed E-state index contributed by atoms with van der Waals surface area (Å²) < 4.78 is 0. The molecule has 0 aliphatic carbocycles. The van der Waals surface area contributed by atoms with E-state index in [1.54, 1.807) is 0 Å². The first kappa shape index (κ1) is 23.1. The Kier molecular flexibility index (Phi) is 8.94. The first-order chi connectivity index (χ1) is 16.4. The highest BCUT2D eigenvalue weighted by atomic mass is 14.1. The maximum atomic E-state index is 2.30. The Morgan fingerprint density at radius 2 is 0.576 bits per heavy atom. The van der Waals surface area contributed by atoms with E-state index in [9.17, 15) is 0 Å². The highest BCUT2D eigenvalue weighted by molar-refractivity contribution is 5.64. The summed E-state index contributed by atoms with van der Waals surface area (Å²) in [6.07, 6.45) is 11.8. The van der Waals surface area contributed by atoms with Gasteiger partial charge in [0.05, 0.1) is 0 Å². The zero-order valence-corrected chi connectivity index (χ0v) is 19.8. The van der Waals surface area contributed by atoms with Crippen molar-refractivity contribution in [1.82, 2.24) is 0 Å². The average molecular weight is 433 g/mol. The average Bonchev–Trinajstić information content (AvgIpc) is 2.89. The van der Waals surface area contributed by atoms with Crippen LogP contribution in [0, 0.1) is 0 Å². The van der Waals surface area contributed by atoms with Crippen molar-refractivity contribution in [2.45, 2.75) is 57.8 Å². The summed E-state index contributed by atoms with van der Waals surface area (Å²) in [6, 6.07) is 39.5. The molecule has 0 amide bonds. The molecule has 0 aliphatic heterocycles. The number of rotatable bonds is 12. The van der Waals surface area contributed by atoms with Crippen LogP contribution in [0.3, 0.4) is 0 Å². The van der Waals surface area contributed by atoms with Crippen LogP contribution in [0.2, 0.25) is 0 Å². The lowest BCUT2D eigenvalue weighted by Crippen LogP contribution is -1.88. The van der Waals surface area contributed by atoms with Gasteiger partial charge in [-0.25, -0.2) is 0 Å². The van der Waals surface area contributed by atoms with Crippen molar-refractivity contribution in [1.29, 1.82) is 0 Å². The van der Waals surface area contributed by atoms with Crippen LogP contribution in [-0.4, -0.2) is 0 Å². The maximum absolute atomic E-state index is 2.30. The molecule has 4 rings (SSSR count). The van der Waals surface area contributed by atoms with Gasteiger partial charge in [0.1, 0.15) is 0 Å². The summed E-state index contributed by atoms with van der Waals surface area (Å²) in [6.45, 7) is 0. The van der Waals surface area contributed by atoms with Gasteiger partial charge in [0, 0.05) is 0 Å². The van der Waals surface area contributed by atoms with Crippen LogP contribution in [0.15, 0.2) is 109 Å². The molecule has 4 aromatic rings. The molecule has 0 heteroatoms. The summed E-state index contributed by atoms with van der Waals surface area (Å²) in [5.41, 5.74) is 8.15. The maximum Gasteiger partial charge on any atom is -0.0184 e. The Balaban J connectivity index is 1.05. The fourth-order valence-corrected chi connectivity index (χ4v) is 4.53. The highest BCUT2D eigenvalue weighted by Crippen LogP contribution is 2.21. The molecule has 4 aromatic carbocycles. The Bertz CT molecular complexity index is 956. The van der Waals surface area contributed by atoms with Gasteiger partial charge in [0.15, 0.2) is 0 Å². The molecule has 0 aromatic heterocycles. The lowest BCUT2D eigenvalue weighted by Gasteiger charge is -2.06. The summed E-state index contributed by atoms with van der Waals surface area (Å²) in [4.78, 5) is 0. The van der Waals surface area contributed by atoms with Gasteiger partial charge in [-0.2, -0.15) is 0 Å². The van der Waals surface area contributed by atoms with Crippen molar-refractivity contribution in [3.63, 3.8) is 0 Å². The monoisotopic (exact) mass is 432 g/mol. The molecule has 0 heterocycles. The van der Waals surface area contributed by atoms with Crippen LogP contribution < -0.4 is 0 Å². The van der Waals surface area contributed by atoms with Crippen molar-refractivity contribution >= 4 is 0 Å². The molecule has 168 valence electrons. The highest BCUT2D eigenvalue weighted by Gasteiger charge is 2.00. The van der Waals surface area contributed by atoms with Gasteiger partial charge in [-0.1, -0.05) is 141 Å². The van der Waals surface area contributed by atoms with Gasteiger partial charge < -0.3 is 0 Å². The van der Waals surface area contributed by atoms with E-state index in [0.717, 1.165) is 0 Å². The van der Waals surface area contributed by atoms with E-state index < -0.39 is 0 Å². The second-order valence-corrected chi connectivity index (χ2v) is 9.10. The molecule has 0 atom stereocenters. The van der Waals surface area contributed by atoms with Crippen molar-refractivity contribution in [2.24, 2.45) is 0 Å². The second-order valence-electron chi connectivity index (χ2n) is 9.10. The van der Waals surface area contributed by atoms with E-state index in [-0.39, 0.29) is 0 Å². The van der Waals surface area contributed by atoms with Crippen molar-refractivity contribution < 1.29 is 0 Å². The Morgan fingerprint density at radius 1 is 0.273 bits per heavy atom. The quantitative estimate of drug-likeness (QED) is 0.195. The van der Waals surface area contributed by atoms with Crippen LogP contribution in [0.1, 0.15) is 56.1 Å². The Morgan fingerprint density at radius 3 is 0.939 bits per heavy atom. The largest absolute Gasteiger partial charge is 0.0622 e. The molecule has 33 heavy (non-hydrogen) atoms. The van der Waals surface area contributed by atoms with E-state index in [1.807, 2.05) is 0 Å². The van der Waals surface area contributed by atoms with E-state index in [0.29, 0.717) is 0 Å². The number of hydrogen-bond donors (Lipinski definition) is 0. The molecule has 0 bridgehead atoms. The number of aryl methyl sites for hydroxylation is 2. The van der Waals surface area contributed by atoms with Crippen molar-refractivity contribution in [3.05, 3.63) is 120 Å². The first-order valence-corrected chi connectivity index (χ1v) is 12.7. The summed E-state index contributed by atoms with van der Waals surface area (Å²) in [5, 5.41) is 0. The zero-order valence-electron chi connectivity index (χ0n) is 19.8. The molecule has 0 aliphatic rings. The van der Waals surface area contributed by atoms with Gasteiger partial charge >= 0.3 is 0 Å². The third-order valence-electron chi connectivity index (χ3n) is 6.55. The Labute approximate surface area is 200 Å². The summed E-state index contributed by atoms with van der Waals surface area (Å²) in [7, 11) is 0. The SMILES string of the molecule is c1ccc(-c2ccc(CCCCCCCCCc3ccc(-c4ccccc4)cc3)cc2)cc1. The van der Waals surface area contributed by atoms with Gasteiger partial charge in [-0.05, 0) is 59.1 Å². The van der Waals surface area contributed by atoms with E-state index in [4.69, 9.17) is 0 Å². The van der Waals surface area contributed by atoms with Crippen molar-refractivity contribution in [2.75, 3.05) is 0 Å². The smallest absolute Gasteiger partial charge is 0.0184 e. The molecular formula is C33H36. The zero-order chi connectivity index (χ0) is 22.6. The molecule has 0 N–H and O–H groups in total. The van der Waals surface area contributed by atoms with Crippen LogP contribution >= 0.6 is 0 Å². The van der Waals surface area contributed by atoms with E-state index in [2.05, 4.69) is 109 Å². The van der Waals surface area contributed by atoms with Crippen LogP contribution in [0.25, 0.3) is 22.3 Å². The van der Waals surface area contributed by atoms with Gasteiger partial charge in [-0.3, -0.25) is 0 Å². The number of benzene rings is 4. The Hall–Kier alpha value is -3.12. The molecular weight excluding hydrogens is 396 g/mol. The first-order valence-electron chi connectivity index (χ1n) is 12.7. The summed E-state index contributed by atoms with van der Waals surface area (Å²) >= 11 is 0. The van der Waals surface area contributed by atoms with Crippen LogP contribution in [0.5, 0.6) is 0 Å². The van der Waals surface area contributed by atoms with E-state index >= 15 is 0 Å². The minimum Gasteiger partial charge on any atom is -0.0622 e. The predicted molar refractivity (Wildman–Crippen MR) is 143 cm³/mol. The molecule has 0 saturated carbocycles. The fraction of sp³-hybridized carbons (Fsp3) is 0.273. The molecule has 0 radical (unpaired) electrons. The third kappa shape index (κ3) is 7.46. The fourth-order valence-electron chi connectivity index (χ4n) is 4.53. The minimum atomic E-state index is 1.20. The predicted octanol–water partition coefficient (Wildman–Crippen LogP) is 9.54. The molecule has 0 saturated heterocycles. The normalized spacial score (nSPS) is 10.9. The lowest BCUT2D eigenvalue weighted by atomic mass is 10.00. The molecule has 0 fully saturated rings. The number of unbranched alkanes of at least 4 members (excludes halogenated alkanes) is 6. The topological polar surface area (TPSA) is 0 Å². The number of hydrogen-bond acceptors (Lipinski definition) is 0. The van der Waals surface area contributed by atoms with Crippen LogP contribution in [-0.2, 0) is 12.8 Å². The standard InChI is InChI=1S/C33H36/c1(2-4-8-14-28-20-24-32(25-21-28)30-16-10-6-11-17-30)3-5-9-15-29-22-26-33(27-23-29)31-18-12-7-13-19-31/h6-7,10-13,16-27H,1-5,8-9,14-15H2. The second kappa shape index (κ2) is 12.8. The van der Waals surface area contributed by atoms with Crippen LogP contribution in [0.4, 0.5) is 0 Å². The third-order valence-corrected chi connectivity index (χ3v) is 6.55. The van der Waals surface area contributed by atoms with E-state index in [1.165, 1.54) is 91.2 Å². The molecule has 0 spiro atoms. The van der Waals surface area contributed by atoms with Gasteiger partial charge in [0.2, 0.25) is 0 Å². The molecule has 0 nitrogen and oxygen atoms in total. The van der Waals surface area contributed by atoms with Gasteiger partial charge in [-0.15, -0.1) is 0 Å². The lowest BCUT2D eigenvalue weighted by molar-refractivity contribution is 0.579. The minimum absolute atomic E-state index is 1.20. The van der Waals surface area contributed by atoms with Crippen molar-refractivity contribution in [3.8, 4) is 22.3 Å². The summed E-state index contributed by atoms with van der Waals surface area (Å²) in [5.74, 6) is 0.